The molecule has 0 saturated carbocycles. The van der Waals surface area contributed by atoms with Crippen LogP contribution in [0.15, 0.2) is 42.7 Å². The highest BCUT2D eigenvalue weighted by Crippen LogP contribution is 2.43. The summed E-state index contributed by atoms with van der Waals surface area (Å²) in [7, 11) is -3.23. The smallest absolute Gasteiger partial charge is 0.349 e. The van der Waals surface area contributed by atoms with Crippen molar-refractivity contribution in [2.45, 2.75) is 32.3 Å². The first-order valence-electron chi connectivity index (χ1n) is 10.5. The second kappa shape index (κ2) is 9.62. The Morgan fingerprint density at radius 3 is 2.60 bits per heavy atom. The monoisotopic (exact) mass is 534 g/mol. The number of nitrogens with zero attached hydrogens (tertiary/aromatic N) is 2. The molecule has 1 atom stereocenters. The van der Waals surface area contributed by atoms with Gasteiger partial charge in [0.2, 0.25) is 0 Å². The van der Waals surface area contributed by atoms with E-state index >= 15 is 0 Å². The molecule has 4 rings (SSSR count). The number of fused-ring (bicyclic) bond motifs is 1. The highest BCUT2D eigenvalue weighted by molar-refractivity contribution is 7.89. The van der Waals surface area contributed by atoms with Gasteiger partial charge in [-0.3, -0.25) is 4.40 Å². The molecule has 2 N–H and O–H groups in total. The molecular weight excluding hydrogens is 512 g/mol. The molecule has 35 heavy (non-hydrogen) atoms. The van der Waals surface area contributed by atoms with Crippen LogP contribution in [0, 0.1) is 6.92 Å². The fourth-order valence-corrected chi connectivity index (χ4v) is 6.06. The zero-order valence-corrected chi connectivity index (χ0v) is 21.5. The molecule has 0 spiro atoms. The van der Waals surface area contributed by atoms with Crippen molar-refractivity contribution in [2.24, 2.45) is 0 Å². The van der Waals surface area contributed by atoms with E-state index in [1.165, 1.54) is 6.26 Å². The zero-order chi connectivity index (χ0) is 25.5. The summed E-state index contributed by atoms with van der Waals surface area (Å²) in [5, 5.41) is 19.6. The summed E-state index contributed by atoms with van der Waals surface area (Å²) in [4.78, 5) is 17.2. The van der Waals surface area contributed by atoms with Crippen molar-refractivity contribution in [1.29, 1.82) is 0 Å². The van der Waals surface area contributed by atoms with Crippen molar-refractivity contribution < 1.29 is 28.2 Å². The fraction of sp³-hybridized carbons (Fsp3) is 0.250. The molecule has 1 aromatic carbocycles. The van der Waals surface area contributed by atoms with Crippen LogP contribution in [0.25, 0.3) is 16.2 Å². The Hall–Kier alpha value is -2.92. The largest absolute Gasteiger partial charge is 0.484 e. The van der Waals surface area contributed by atoms with Crippen LogP contribution in [-0.4, -0.2) is 40.2 Å². The van der Waals surface area contributed by atoms with E-state index in [1.807, 2.05) is 0 Å². The highest BCUT2D eigenvalue weighted by atomic mass is 35.5. The van der Waals surface area contributed by atoms with Gasteiger partial charge in [0.15, 0.2) is 14.7 Å². The number of hydrogen-bond donors (Lipinski definition) is 2. The number of aliphatic hydroxyl groups is 1. The third-order valence-corrected chi connectivity index (χ3v) is 7.96. The van der Waals surface area contributed by atoms with E-state index in [1.54, 1.807) is 61.0 Å². The van der Waals surface area contributed by atoms with E-state index in [9.17, 15) is 23.4 Å². The predicted molar refractivity (Wildman–Crippen MR) is 135 cm³/mol. The Bertz CT molecular complexity index is 1540. The molecule has 4 aromatic rings. The number of ether oxygens (including phenoxy) is 1. The van der Waals surface area contributed by atoms with E-state index in [0.29, 0.717) is 43.5 Å². The summed E-state index contributed by atoms with van der Waals surface area (Å²) >= 11 is 7.43. The van der Waals surface area contributed by atoms with Crippen LogP contribution >= 0.6 is 22.9 Å². The molecular formula is C24H23ClN2O6S2. The van der Waals surface area contributed by atoms with Crippen LogP contribution in [-0.2, 0) is 22.2 Å². The quantitative estimate of drug-likeness (QED) is 0.330. The van der Waals surface area contributed by atoms with Crippen LogP contribution in [0.4, 0.5) is 0 Å². The maximum Gasteiger partial charge on any atom is 0.349 e. The second-order valence-electron chi connectivity index (χ2n) is 8.27. The van der Waals surface area contributed by atoms with Gasteiger partial charge >= 0.3 is 5.97 Å². The first-order valence-corrected chi connectivity index (χ1v) is 13.8. The number of aromatic carboxylic acids is 1. The lowest BCUT2D eigenvalue weighted by Gasteiger charge is -2.17. The Kier molecular flexibility index (Phi) is 6.92. The van der Waals surface area contributed by atoms with Gasteiger partial charge in [0, 0.05) is 28.6 Å². The number of carboxylic acids is 1. The number of rotatable bonds is 8. The van der Waals surface area contributed by atoms with E-state index < -0.39 is 21.9 Å². The molecule has 0 saturated heterocycles. The third-order valence-electron chi connectivity index (χ3n) is 5.49. The average Bonchev–Trinajstić information content (AvgIpc) is 3.33. The number of aliphatic hydroxyl groups excluding tert-OH is 1. The molecule has 11 heteroatoms. The molecule has 184 valence electrons. The zero-order valence-electron chi connectivity index (χ0n) is 19.1. The van der Waals surface area contributed by atoms with Crippen molar-refractivity contribution in [3.8, 4) is 16.3 Å². The number of hydrogen-bond acceptors (Lipinski definition) is 7. The number of thiophene rings is 1. The maximum absolute atomic E-state index is 12.1. The summed E-state index contributed by atoms with van der Waals surface area (Å²) in [6.07, 6.45) is 3.94. The Balaban J connectivity index is 1.77. The van der Waals surface area contributed by atoms with Gasteiger partial charge in [-0.25, -0.2) is 18.2 Å². The van der Waals surface area contributed by atoms with Gasteiger partial charge in [-0.2, -0.15) is 0 Å². The standard InChI is InChI=1S/C24H23ClN2O6S2/c1-13-21(33-14(2)17-6-4-15(11-28)8-18(17)25)23(24(29)30)34-22(13)19-9-26-20-7-5-16(10-27(19)20)12-35(3,31)32/h4-10,14,28H,11-12H2,1-3H3,(H,29,30)/t14-/m1/s1. The molecule has 0 aliphatic carbocycles. The minimum atomic E-state index is -3.23. The Morgan fingerprint density at radius 2 is 1.97 bits per heavy atom. The van der Waals surface area contributed by atoms with Crippen LogP contribution in [0.2, 0.25) is 5.02 Å². The summed E-state index contributed by atoms with van der Waals surface area (Å²) in [5.74, 6) is -1.01. The lowest BCUT2D eigenvalue weighted by molar-refractivity contribution is 0.0695. The molecule has 0 aliphatic rings. The molecule has 0 radical (unpaired) electrons. The number of aromatic nitrogens is 2. The van der Waals surface area contributed by atoms with Crippen molar-refractivity contribution >= 4 is 44.4 Å². The maximum atomic E-state index is 12.1. The van der Waals surface area contributed by atoms with Gasteiger partial charge in [-0.05, 0) is 37.1 Å². The van der Waals surface area contributed by atoms with Gasteiger partial charge in [-0.1, -0.05) is 29.8 Å². The number of carbonyl (C=O) groups is 1. The minimum absolute atomic E-state index is 0.0368. The normalized spacial score (nSPS) is 12.7. The summed E-state index contributed by atoms with van der Waals surface area (Å²) in [6, 6.07) is 8.56. The Labute approximate surface area is 211 Å². The van der Waals surface area contributed by atoms with Crippen LogP contribution in [0.3, 0.4) is 0 Å². The first-order chi connectivity index (χ1) is 16.5. The number of halogens is 1. The predicted octanol–water partition coefficient (Wildman–Crippen LogP) is 4.90. The van der Waals surface area contributed by atoms with E-state index in [4.69, 9.17) is 16.3 Å². The van der Waals surface area contributed by atoms with Gasteiger partial charge in [-0.15, -0.1) is 11.3 Å². The highest BCUT2D eigenvalue weighted by Gasteiger charge is 2.26. The van der Waals surface area contributed by atoms with Crippen LogP contribution in [0.1, 0.15) is 45.0 Å². The molecule has 0 bridgehead atoms. The van der Waals surface area contributed by atoms with Crippen molar-refractivity contribution in [1.82, 2.24) is 9.38 Å². The SMILES string of the molecule is Cc1c(-c2cnc3ccc(CS(C)(=O)=O)cn23)sc(C(=O)O)c1O[C@H](C)c1ccc(CO)cc1Cl. The number of sulfone groups is 1. The minimum Gasteiger partial charge on any atom is -0.484 e. The Morgan fingerprint density at radius 1 is 1.26 bits per heavy atom. The fourth-order valence-electron chi connectivity index (χ4n) is 3.85. The molecule has 3 heterocycles. The van der Waals surface area contributed by atoms with Gasteiger partial charge < -0.3 is 14.9 Å². The molecule has 8 nitrogen and oxygen atoms in total. The number of imidazole rings is 1. The van der Waals surface area contributed by atoms with Crippen molar-refractivity contribution in [3.05, 3.63) is 74.9 Å². The van der Waals surface area contributed by atoms with Gasteiger partial charge in [0.25, 0.3) is 0 Å². The van der Waals surface area contributed by atoms with Crippen LogP contribution < -0.4 is 4.74 Å². The molecule has 3 aromatic heterocycles. The van der Waals surface area contributed by atoms with Gasteiger partial charge in [0.05, 0.1) is 29.1 Å². The van der Waals surface area contributed by atoms with Crippen molar-refractivity contribution in [2.75, 3.05) is 6.26 Å². The van der Waals surface area contributed by atoms with Gasteiger partial charge in [0.1, 0.15) is 17.5 Å². The third kappa shape index (κ3) is 5.20. The van der Waals surface area contributed by atoms with E-state index in [-0.39, 0.29) is 23.0 Å². The molecule has 0 fully saturated rings. The second-order valence-corrected chi connectivity index (χ2v) is 11.8. The molecule has 0 aliphatic heterocycles. The number of benzene rings is 1. The number of carboxylic acid groups (broad SMARTS) is 1. The average molecular weight is 535 g/mol. The summed E-state index contributed by atoms with van der Waals surface area (Å²) in [6.45, 7) is 3.40. The molecule has 0 amide bonds. The molecule has 0 unspecified atom stereocenters. The number of pyridine rings is 1. The summed E-state index contributed by atoms with van der Waals surface area (Å²) in [5.41, 5.74) is 3.78. The topological polar surface area (TPSA) is 118 Å². The first kappa shape index (κ1) is 25.2. The lowest BCUT2D eigenvalue weighted by atomic mass is 10.1. The van der Waals surface area contributed by atoms with E-state index in [2.05, 4.69) is 4.98 Å². The summed E-state index contributed by atoms with van der Waals surface area (Å²) < 4.78 is 31.4. The van der Waals surface area contributed by atoms with E-state index in [0.717, 1.165) is 11.3 Å². The van der Waals surface area contributed by atoms with Crippen molar-refractivity contribution in [3.63, 3.8) is 0 Å². The van der Waals surface area contributed by atoms with Crippen LogP contribution in [0.5, 0.6) is 5.75 Å². The lowest BCUT2D eigenvalue weighted by Crippen LogP contribution is -2.07.